The zero-order valence-electron chi connectivity index (χ0n) is 66.7. The van der Waals surface area contributed by atoms with Crippen LogP contribution in [0.25, 0.3) is 42.6 Å². The molecule has 5 aromatic carbocycles. The van der Waals surface area contributed by atoms with Gasteiger partial charge in [0.15, 0.2) is 24.0 Å². The highest BCUT2D eigenvalue weighted by molar-refractivity contribution is 7.17. The maximum absolute atomic E-state index is 5.60. The molecule has 0 unspecified atom stereocenters. The monoisotopic (exact) mass is 1300 g/mol. The quantitative estimate of drug-likeness (QED) is 0.151. The van der Waals surface area contributed by atoms with Crippen LogP contribution < -0.4 is 0 Å². The minimum Gasteiger partial charge on any atom is -0.443 e. The van der Waals surface area contributed by atoms with Gasteiger partial charge in [-0.3, -0.25) is 0 Å². The van der Waals surface area contributed by atoms with Crippen molar-refractivity contribution in [3.63, 3.8) is 0 Å². The number of thiazole rings is 2. The van der Waals surface area contributed by atoms with Gasteiger partial charge in [-0.25, -0.2) is 19.9 Å². The molecule has 4 aromatic heterocycles. The summed E-state index contributed by atoms with van der Waals surface area (Å²) in [6.45, 7) is 86.9. The summed E-state index contributed by atoms with van der Waals surface area (Å²) in [7, 11) is 0. The lowest BCUT2D eigenvalue weighted by Gasteiger charge is -2.24. The van der Waals surface area contributed by atoms with Crippen molar-refractivity contribution < 1.29 is 8.83 Å². The van der Waals surface area contributed by atoms with Crippen LogP contribution in [0, 0.1) is 0 Å². The number of hydrogen-bond acceptors (Lipinski definition) is 8. The average molecular weight is 1300 g/mol. The van der Waals surface area contributed by atoms with Crippen LogP contribution in [0.1, 0.15) is 333 Å². The molecule has 9 aromatic rings. The number of oxazole rings is 2. The lowest BCUT2D eigenvalue weighted by atomic mass is 9.81. The van der Waals surface area contributed by atoms with E-state index in [0.29, 0.717) is 0 Å². The molecule has 0 radical (unpaired) electrons. The first-order valence-corrected chi connectivity index (χ1v) is 36.4. The molecule has 0 aliphatic heterocycles. The summed E-state index contributed by atoms with van der Waals surface area (Å²) >= 11 is 3.52. The van der Waals surface area contributed by atoms with Crippen LogP contribution in [0.5, 0.6) is 0 Å². The Balaban J connectivity index is 0.00000109. The first-order chi connectivity index (χ1) is 42.1. The molecule has 0 saturated carbocycles. The number of rotatable bonds is 0. The normalized spacial score (nSPS) is 12.1. The molecule has 0 spiro atoms. The summed E-state index contributed by atoms with van der Waals surface area (Å²) in [6, 6.07) is 26.8. The van der Waals surface area contributed by atoms with E-state index in [1.54, 1.807) is 35.5 Å². The van der Waals surface area contributed by atoms with E-state index < -0.39 is 0 Å². The van der Waals surface area contributed by atoms with Gasteiger partial charge in [0.2, 0.25) is 0 Å². The van der Waals surface area contributed by atoms with Gasteiger partial charge >= 0.3 is 0 Å². The number of benzene rings is 5. The molecular weight excluding hydrogens is 1160 g/mol. The highest BCUT2D eigenvalue weighted by Gasteiger charge is 2.29. The third kappa shape index (κ3) is 24.2. The predicted octanol–water partition coefficient (Wildman–Crippen LogP) is 28.0. The Morgan fingerprint density at radius 3 is 0.630 bits per heavy atom. The Hall–Kier alpha value is -5.18. The van der Waals surface area contributed by atoms with E-state index in [-0.39, 0.29) is 54.1 Å². The third-order valence-corrected chi connectivity index (χ3v) is 16.7. The smallest absolute Gasteiger partial charge is 0.182 e. The van der Waals surface area contributed by atoms with Gasteiger partial charge in [0.25, 0.3) is 0 Å². The Bertz CT molecular complexity index is 2910. The molecule has 9 rings (SSSR count). The van der Waals surface area contributed by atoms with Gasteiger partial charge in [0.05, 0.1) is 31.5 Å². The highest BCUT2D eigenvalue weighted by atomic mass is 32.1. The van der Waals surface area contributed by atoms with Crippen molar-refractivity contribution in [3.05, 3.63) is 152 Å². The minimum absolute atomic E-state index is 0.0776. The molecule has 4 heterocycles. The van der Waals surface area contributed by atoms with Crippen LogP contribution in [0.15, 0.2) is 105 Å². The predicted molar refractivity (Wildman–Crippen MR) is 417 cm³/mol. The fraction of sp³-hybridized carbons (Fsp3) is 0.595. The van der Waals surface area contributed by atoms with Crippen molar-refractivity contribution in [2.24, 2.45) is 0 Å². The van der Waals surface area contributed by atoms with Crippen LogP contribution in [0.3, 0.4) is 0 Å². The Morgan fingerprint density at radius 2 is 0.424 bits per heavy atom. The van der Waals surface area contributed by atoms with E-state index >= 15 is 0 Å². The van der Waals surface area contributed by atoms with Crippen molar-refractivity contribution in [2.45, 2.75) is 331 Å². The number of aromatic nitrogens is 4. The van der Waals surface area contributed by atoms with Crippen LogP contribution in [-0.4, -0.2) is 19.9 Å². The lowest BCUT2D eigenvalue weighted by Crippen LogP contribution is -2.15. The molecule has 0 aliphatic rings. The zero-order valence-corrected chi connectivity index (χ0v) is 68.3. The molecule has 0 amide bonds. The summed E-state index contributed by atoms with van der Waals surface area (Å²) in [4.78, 5) is 17.9. The molecular formula is C84H136N4O2S2. The molecule has 8 heteroatoms. The van der Waals surface area contributed by atoms with Crippen LogP contribution in [0.2, 0.25) is 0 Å². The molecule has 0 atom stereocenters. The van der Waals surface area contributed by atoms with Crippen molar-refractivity contribution in [1.82, 2.24) is 19.9 Å². The van der Waals surface area contributed by atoms with Crippen LogP contribution in [0.4, 0.5) is 0 Å². The molecule has 92 heavy (non-hydrogen) atoms. The van der Waals surface area contributed by atoms with Gasteiger partial charge in [0, 0.05) is 11.1 Å². The van der Waals surface area contributed by atoms with Crippen LogP contribution in [-0.2, 0) is 54.1 Å². The van der Waals surface area contributed by atoms with Gasteiger partial charge in [-0.05, 0) is 98.7 Å². The van der Waals surface area contributed by atoms with E-state index in [4.69, 9.17) is 8.83 Å². The summed E-state index contributed by atoms with van der Waals surface area (Å²) in [5.41, 5.74) is 25.0. The standard InChI is InChI=1S/2C15H21NO.2C15H21NS.C14H22.5C2H6/c4*1-14(2,3)10-7-8-11(15(4,5)6)13-12(10)16-9-17-13;1-13(2,3)11-7-9-12(10-8-11)14(4,5)6;5*1-2/h4*7-9H,1-6H3;7-10H,1-6H3;5*1-2H3. The summed E-state index contributed by atoms with van der Waals surface area (Å²) < 4.78 is 13.9. The van der Waals surface area contributed by atoms with Gasteiger partial charge < -0.3 is 8.83 Å². The fourth-order valence-corrected chi connectivity index (χ4v) is 12.1. The van der Waals surface area contributed by atoms with E-state index in [2.05, 4.69) is 300 Å². The first kappa shape index (κ1) is 86.8. The van der Waals surface area contributed by atoms with E-state index in [0.717, 1.165) is 22.2 Å². The molecule has 516 valence electrons. The SMILES string of the molecule is CC.CC.CC.CC.CC.CC(C)(C)c1ccc(C(C)(C)C)c2ocnc12.CC(C)(C)c1ccc(C(C)(C)C)c2ocnc12.CC(C)(C)c1ccc(C(C)(C)C)c2scnc12.CC(C)(C)c1ccc(C(C)(C)C)c2scnc12.CC(C)(C)c1ccc(C(C)(C)C)cc1. The number of fused-ring (bicyclic) bond motifs is 4. The molecule has 0 aliphatic carbocycles. The second kappa shape index (κ2) is 35.0. The first-order valence-electron chi connectivity index (χ1n) is 34.7. The zero-order chi connectivity index (χ0) is 72.4. The second-order valence-corrected chi connectivity index (χ2v) is 34.5. The minimum atomic E-state index is 0.0776. The van der Waals surface area contributed by atoms with Crippen LogP contribution >= 0.6 is 22.7 Å². The second-order valence-electron chi connectivity index (χ2n) is 32.8. The summed E-state index contributed by atoms with van der Waals surface area (Å²) in [5.74, 6) is 0. The molecule has 0 saturated heterocycles. The number of hydrogen-bond donors (Lipinski definition) is 0. The van der Waals surface area contributed by atoms with Gasteiger partial charge in [-0.2, -0.15) is 0 Å². The largest absolute Gasteiger partial charge is 0.443 e. The maximum Gasteiger partial charge on any atom is 0.182 e. The van der Waals surface area contributed by atoms with Crippen molar-refractivity contribution in [2.75, 3.05) is 0 Å². The van der Waals surface area contributed by atoms with Crippen molar-refractivity contribution in [3.8, 4) is 0 Å². The number of nitrogens with zero attached hydrogens (tertiary/aromatic N) is 4. The fourth-order valence-electron chi connectivity index (χ4n) is 10.1. The van der Waals surface area contributed by atoms with Gasteiger partial charge in [-0.15, -0.1) is 22.7 Å². The maximum atomic E-state index is 5.60. The summed E-state index contributed by atoms with van der Waals surface area (Å²) in [6.07, 6.45) is 3.10. The summed E-state index contributed by atoms with van der Waals surface area (Å²) in [5, 5.41) is 0. The van der Waals surface area contributed by atoms with Crippen molar-refractivity contribution >= 4 is 65.3 Å². The van der Waals surface area contributed by atoms with E-state index in [1.165, 1.54) is 76.1 Å². The average Bonchev–Trinajstić information content (AvgIpc) is 1.52. The van der Waals surface area contributed by atoms with Gasteiger partial charge in [-0.1, -0.05) is 350 Å². The molecule has 0 bridgehead atoms. The third-order valence-electron chi connectivity index (χ3n) is 15.0. The molecule has 0 fully saturated rings. The van der Waals surface area contributed by atoms with Gasteiger partial charge in [0.1, 0.15) is 11.0 Å². The Labute approximate surface area is 573 Å². The highest BCUT2D eigenvalue weighted by Crippen LogP contribution is 2.41. The topological polar surface area (TPSA) is 77.8 Å². The van der Waals surface area contributed by atoms with E-state index in [9.17, 15) is 0 Å². The molecule has 6 nitrogen and oxygen atoms in total. The lowest BCUT2D eigenvalue weighted by molar-refractivity contribution is 0.551. The van der Waals surface area contributed by atoms with E-state index in [1.807, 2.05) is 80.3 Å². The Kier molecular flexibility index (Phi) is 33.0. The van der Waals surface area contributed by atoms with Crippen molar-refractivity contribution in [1.29, 1.82) is 0 Å². The molecule has 0 N–H and O–H groups in total. The Morgan fingerprint density at radius 1 is 0.228 bits per heavy atom.